The molecule has 1 aromatic heterocycles. The number of amides is 2. The Balaban J connectivity index is 1.53. The van der Waals surface area contributed by atoms with Crippen LogP contribution in [-0.2, 0) is 6.54 Å². The van der Waals surface area contributed by atoms with E-state index < -0.39 is 0 Å². The molecule has 0 atom stereocenters. The van der Waals surface area contributed by atoms with Gasteiger partial charge in [0.2, 0.25) is 0 Å². The number of carbonyl (C=O) groups is 2. The van der Waals surface area contributed by atoms with Gasteiger partial charge in [-0.2, -0.15) is 5.10 Å². The molecule has 3 rings (SSSR count). The number of nitrogens with zero attached hydrogens (tertiary/aromatic N) is 4. The normalized spacial score (nSPS) is 10.4. The molecule has 2 N–H and O–H groups in total. The van der Waals surface area contributed by atoms with E-state index in [0.717, 1.165) is 24.3 Å². The van der Waals surface area contributed by atoms with Gasteiger partial charge >= 0.3 is 0 Å². The first-order chi connectivity index (χ1) is 14.1. The summed E-state index contributed by atoms with van der Waals surface area (Å²) in [6, 6.07) is 14.4. The second-order valence-electron chi connectivity index (χ2n) is 6.42. The molecule has 0 saturated heterocycles. The zero-order valence-corrected chi connectivity index (χ0v) is 16.5. The Labute approximate surface area is 169 Å². The van der Waals surface area contributed by atoms with Crippen molar-refractivity contribution in [2.24, 2.45) is 0 Å². The second kappa shape index (κ2) is 9.50. The lowest BCUT2D eigenvalue weighted by Crippen LogP contribution is -2.41. The molecule has 0 spiro atoms. The summed E-state index contributed by atoms with van der Waals surface area (Å²) in [6.07, 6.45) is 3.10. The molecule has 0 aliphatic carbocycles. The van der Waals surface area contributed by atoms with Crippen molar-refractivity contribution in [3.05, 3.63) is 77.9 Å². The number of carbonyl (C=O) groups excluding carboxylic acids is 2. The summed E-state index contributed by atoms with van der Waals surface area (Å²) in [6.45, 7) is 6.54. The Bertz CT molecular complexity index is 932. The Kier molecular flexibility index (Phi) is 6.57. The number of hydrazine groups is 1. The third-order valence-electron chi connectivity index (χ3n) is 4.57. The molecule has 0 aliphatic rings. The van der Waals surface area contributed by atoms with E-state index in [1.165, 1.54) is 6.33 Å². The lowest BCUT2D eigenvalue weighted by atomic mass is 10.1. The molecule has 8 nitrogen and oxygen atoms in total. The van der Waals surface area contributed by atoms with E-state index in [9.17, 15) is 9.59 Å². The fraction of sp³-hybridized carbons (Fsp3) is 0.238. The maximum absolute atomic E-state index is 12.3. The molecule has 0 fully saturated rings. The van der Waals surface area contributed by atoms with Crippen LogP contribution in [0.15, 0.2) is 61.2 Å². The van der Waals surface area contributed by atoms with Gasteiger partial charge < -0.3 is 4.90 Å². The number of hydrogen-bond acceptors (Lipinski definition) is 5. The quantitative estimate of drug-likeness (QED) is 0.602. The van der Waals surface area contributed by atoms with Crippen molar-refractivity contribution in [2.45, 2.75) is 20.4 Å². The van der Waals surface area contributed by atoms with Crippen LogP contribution in [0.25, 0.3) is 0 Å². The molecule has 29 heavy (non-hydrogen) atoms. The number of rotatable bonds is 7. The lowest BCUT2D eigenvalue weighted by Gasteiger charge is -2.21. The van der Waals surface area contributed by atoms with Gasteiger partial charge in [-0.05, 0) is 55.8 Å². The van der Waals surface area contributed by atoms with E-state index in [1.807, 2.05) is 24.3 Å². The van der Waals surface area contributed by atoms with Gasteiger partial charge in [0.1, 0.15) is 12.7 Å². The van der Waals surface area contributed by atoms with Crippen LogP contribution in [-0.4, -0.2) is 39.7 Å². The molecule has 8 heteroatoms. The number of anilines is 1. The molecule has 2 aromatic carbocycles. The summed E-state index contributed by atoms with van der Waals surface area (Å²) >= 11 is 0. The summed E-state index contributed by atoms with van der Waals surface area (Å²) in [4.78, 5) is 30.6. The van der Waals surface area contributed by atoms with Crippen LogP contribution >= 0.6 is 0 Å². The van der Waals surface area contributed by atoms with Crippen LogP contribution in [0.2, 0.25) is 0 Å². The zero-order chi connectivity index (χ0) is 20.6. The van der Waals surface area contributed by atoms with Crippen molar-refractivity contribution in [1.82, 2.24) is 25.6 Å². The van der Waals surface area contributed by atoms with Crippen LogP contribution in [0, 0.1) is 0 Å². The molecule has 0 unspecified atom stereocenters. The van der Waals surface area contributed by atoms with E-state index in [-0.39, 0.29) is 11.8 Å². The topological polar surface area (TPSA) is 92.2 Å². The highest BCUT2D eigenvalue weighted by Gasteiger charge is 2.10. The summed E-state index contributed by atoms with van der Waals surface area (Å²) in [7, 11) is 0. The molecule has 2 amide bonds. The molecule has 0 radical (unpaired) electrons. The summed E-state index contributed by atoms with van der Waals surface area (Å²) in [5, 5.41) is 4.05. The number of hydrogen-bond donors (Lipinski definition) is 2. The van der Waals surface area contributed by atoms with Gasteiger partial charge in [0, 0.05) is 29.9 Å². The van der Waals surface area contributed by atoms with Crippen molar-refractivity contribution in [3.8, 4) is 0 Å². The van der Waals surface area contributed by atoms with Gasteiger partial charge in [-0.1, -0.05) is 12.1 Å². The third-order valence-corrected chi connectivity index (χ3v) is 4.57. The molecule has 1 heterocycles. The predicted octanol–water partition coefficient (Wildman–Crippen LogP) is 2.25. The summed E-state index contributed by atoms with van der Waals surface area (Å²) < 4.78 is 1.70. The average molecular weight is 392 g/mol. The van der Waals surface area contributed by atoms with Crippen LogP contribution in [0.5, 0.6) is 0 Å². The van der Waals surface area contributed by atoms with E-state index in [4.69, 9.17) is 0 Å². The molecule has 150 valence electrons. The van der Waals surface area contributed by atoms with Crippen molar-refractivity contribution >= 4 is 17.5 Å². The van der Waals surface area contributed by atoms with Crippen LogP contribution in [0.4, 0.5) is 5.69 Å². The largest absolute Gasteiger partial charge is 0.372 e. The monoisotopic (exact) mass is 392 g/mol. The van der Waals surface area contributed by atoms with E-state index in [2.05, 4.69) is 39.7 Å². The molecule has 3 aromatic rings. The van der Waals surface area contributed by atoms with Gasteiger partial charge in [-0.15, -0.1) is 0 Å². The van der Waals surface area contributed by atoms with Crippen molar-refractivity contribution in [1.29, 1.82) is 0 Å². The van der Waals surface area contributed by atoms with E-state index in [1.54, 1.807) is 35.3 Å². The fourth-order valence-electron chi connectivity index (χ4n) is 2.93. The van der Waals surface area contributed by atoms with Crippen LogP contribution in [0.3, 0.4) is 0 Å². The Morgan fingerprint density at radius 3 is 1.93 bits per heavy atom. The standard InChI is InChI=1S/C21H24N6O2/c1-3-26(4-2)19-11-9-18(10-12-19)21(29)25-24-20(28)17-7-5-16(6-8-17)13-27-15-22-14-23-27/h5-12,14-15H,3-4,13H2,1-2H3,(H,24,28)(H,25,29). The minimum atomic E-state index is -0.384. The Hall–Kier alpha value is -3.68. The minimum Gasteiger partial charge on any atom is -0.372 e. The maximum atomic E-state index is 12.3. The predicted molar refractivity (Wildman–Crippen MR) is 111 cm³/mol. The fourth-order valence-corrected chi connectivity index (χ4v) is 2.93. The second-order valence-corrected chi connectivity index (χ2v) is 6.42. The number of nitrogens with one attached hydrogen (secondary N) is 2. The highest BCUT2D eigenvalue weighted by Crippen LogP contribution is 2.14. The Morgan fingerprint density at radius 2 is 1.45 bits per heavy atom. The van der Waals surface area contributed by atoms with Gasteiger partial charge in [0.25, 0.3) is 11.8 Å². The summed E-state index contributed by atoms with van der Waals surface area (Å²) in [5.74, 6) is -0.752. The third kappa shape index (κ3) is 5.19. The van der Waals surface area contributed by atoms with Crippen LogP contribution in [0.1, 0.15) is 40.1 Å². The molecule has 0 saturated carbocycles. The van der Waals surface area contributed by atoms with Gasteiger partial charge in [0.05, 0.1) is 6.54 Å². The molecule has 0 aliphatic heterocycles. The highest BCUT2D eigenvalue weighted by atomic mass is 16.2. The van der Waals surface area contributed by atoms with Crippen molar-refractivity contribution < 1.29 is 9.59 Å². The number of benzene rings is 2. The van der Waals surface area contributed by atoms with Gasteiger partial charge in [-0.3, -0.25) is 20.4 Å². The van der Waals surface area contributed by atoms with Crippen LogP contribution < -0.4 is 15.8 Å². The summed E-state index contributed by atoms with van der Waals surface area (Å²) in [5.41, 5.74) is 7.87. The maximum Gasteiger partial charge on any atom is 0.269 e. The first-order valence-corrected chi connectivity index (χ1v) is 9.47. The Morgan fingerprint density at radius 1 is 0.897 bits per heavy atom. The molecular formula is C21H24N6O2. The van der Waals surface area contributed by atoms with Gasteiger partial charge in [0.15, 0.2) is 0 Å². The first kappa shape index (κ1) is 20.1. The van der Waals surface area contributed by atoms with Crippen molar-refractivity contribution in [3.63, 3.8) is 0 Å². The van der Waals surface area contributed by atoms with Gasteiger partial charge in [-0.25, -0.2) is 9.67 Å². The zero-order valence-electron chi connectivity index (χ0n) is 16.5. The number of aromatic nitrogens is 3. The van der Waals surface area contributed by atoms with E-state index >= 15 is 0 Å². The van der Waals surface area contributed by atoms with E-state index in [0.29, 0.717) is 17.7 Å². The average Bonchev–Trinajstić information content (AvgIpc) is 3.27. The SMILES string of the molecule is CCN(CC)c1ccc(C(=O)NNC(=O)c2ccc(Cn3cncn3)cc2)cc1. The minimum absolute atomic E-state index is 0.368. The first-order valence-electron chi connectivity index (χ1n) is 9.47. The molecule has 0 bridgehead atoms. The smallest absolute Gasteiger partial charge is 0.269 e. The lowest BCUT2D eigenvalue weighted by molar-refractivity contribution is 0.0846. The molecular weight excluding hydrogens is 368 g/mol. The highest BCUT2D eigenvalue weighted by molar-refractivity contribution is 5.99. The van der Waals surface area contributed by atoms with Crippen molar-refractivity contribution in [2.75, 3.05) is 18.0 Å².